The van der Waals surface area contributed by atoms with E-state index in [-0.39, 0.29) is 23.2 Å². The van der Waals surface area contributed by atoms with Gasteiger partial charge in [-0.05, 0) is 92.8 Å². The Labute approximate surface area is 254 Å². The van der Waals surface area contributed by atoms with E-state index in [9.17, 15) is 9.00 Å². The van der Waals surface area contributed by atoms with E-state index in [0.717, 1.165) is 48.8 Å². The molecule has 1 amide bonds. The third-order valence-electron chi connectivity index (χ3n) is 8.68. The molecule has 0 spiro atoms. The van der Waals surface area contributed by atoms with Gasteiger partial charge in [0.05, 0.1) is 18.4 Å². The Morgan fingerprint density at radius 1 is 1.17 bits per heavy atom. The van der Waals surface area contributed by atoms with Gasteiger partial charge in [0.2, 0.25) is 0 Å². The molecule has 5 unspecified atom stereocenters. The molecule has 1 aliphatic carbocycles. The number of carbonyl (C=O) groups is 1. The van der Waals surface area contributed by atoms with E-state index >= 15 is 0 Å². The van der Waals surface area contributed by atoms with Crippen molar-refractivity contribution in [1.82, 2.24) is 4.72 Å². The minimum Gasteiger partial charge on any atom is -0.491 e. The fraction of sp³-hybridized carbons (Fsp3) is 0.606. The van der Waals surface area contributed by atoms with Crippen molar-refractivity contribution in [2.24, 2.45) is 11.8 Å². The number of fused-ring (bicyclic) bond motifs is 1. The number of ether oxygens (including phenoxy) is 2. The van der Waals surface area contributed by atoms with Crippen LogP contribution in [0.2, 0.25) is 5.02 Å². The Balaban J connectivity index is 1.66. The predicted octanol–water partition coefficient (Wildman–Crippen LogP) is 7.31. The standard InChI is InChI=1S/C33H47ClN2O4S/c1-6-8-10-31(39-5)29-14-11-25(29)19-36-20-26(28-15-13-27(34)17-23(28)9-7-2)21-40-32-16-12-24(18-30(32)36)33(37)35-41(38)22(3)4/h12-13,15-18,22,25-26,29,31H,6-11,14,19-21H2,1-5H3,(H,35,37). The normalized spacial score (nSPS) is 21.8. The van der Waals surface area contributed by atoms with Crippen LogP contribution in [0.4, 0.5) is 5.69 Å². The number of hydrogen-bond donors (Lipinski definition) is 1. The van der Waals surface area contributed by atoms with Crippen LogP contribution in [-0.2, 0) is 22.1 Å². The van der Waals surface area contributed by atoms with Crippen LogP contribution in [0, 0.1) is 11.8 Å². The van der Waals surface area contributed by atoms with Crippen molar-refractivity contribution in [3.63, 3.8) is 0 Å². The predicted molar refractivity (Wildman–Crippen MR) is 170 cm³/mol. The monoisotopic (exact) mass is 602 g/mol. The first kappa shape index (κ1) is 31.8. The van der Waals surface area contributed by atoms with E-state index < -0.39 is 11.0 Å². The lowest BCUT2D eigenvalue weighted by Gasteiger charge is -2.44. The average molecular weight is 603 g/mol. The topological polar surface area (TPSA) is 67.9 Å². The molecule has 1 heterocycles. The average Bonchev–Trinajstić information content (AvgIpc) is 3.12. The highest BCUT2D eigenvalue weighted by Gasteiger charge is 2.39. The summed E-state index contributed by atoms with van der Waals surface area (Å²) in [6, 6.07) is 11.8. The molecular formula is C33H47ClN2O4S. The van der Waals surface area contributed by atoms with Gasteiger partial charge in [-0.2, -0.15) is 0 Å². The second-order valence-corrected chi connectivity index (χ2v) is 14.1. The molecule has 6 nitrogen and oxygen atoms in total. The van der Waals surface area contributed by atoms with Gasteiger partial charge in [-0.1, -0.05) is 50.8 Å². The van der Waals surface area contributed by atoms with E-state index in [4.69, 9.17) is 21.1 Å². The van der Waals surface area contributed by atoms with Crippen molar-refractivity contribution >= 4 is 34.2 Å². The minimum atomic E-state index is -1.44. The molecule has 2 aromatic carbocycles. The summed E-state index contributed by atoms with van der Waals surface area (Å²) in [7, 11) is 0.411. The molecule has 4 rings (SSSR count). The van der Waals surface area contributed by atoms with E-state index in [1.165, 1.54) is 36.8 Å². The summed E-state index contributed by atoms with van der Waals surface area (Å²) in [6.45, 7) is 10.3. The van der Waals surface area contributed by atoms with E-state index in [0.29, 0.717) is 24.0 Å². The molecule has 1 saturated carbocycles. The molecule has 1 N–H and O–H groups in total. The van der Waals surface area contributed by atoms with Crippen LogP contribution in [0.5, 0.6) is 5.75 Å². The highest BCUT2D eigenvalue weighted by molar-refractivity contribution is 7.84. The zero-order valence-electron chi connectivity index (χ0n) is 25.3. The number of anilines is 1. The van der Waals surface area contributed by atoms with Gasteiger partial charge in [-0.25, -0.2) is 4.21 Å². The second-order valence-electron chi connectivity index (χ2n) is 11.9. The largest absolute Gasteiger partial charge is 0.491 e. The maximum Gasteiger partial charge on any atom is 0.263 e. The SMILES string of the molecule is CCCCC(OC)C1CCC1CN1CC(c2ccc(Cl)cc2CCC)COc2ccc(C(=O)NS(=O)C(C)C)cc21. The summed E-state index contributed by atoms with van der Waals surface area (Å²) >= 11 is 6.41. The molecule has 8 heteroatoms. The first-order valence-corrected chi connectivity index (χ1v) is 16.9. The maximum atomic E-state index is 13.0. The quantitative estimate of drug-likeness (QED) is 0.260. The first-order valence-electron chi connectivity index (χ1n) is 15.3. The highest BCUT2D eigenvalue weighted by Crippen LogP contribution is 2.43. The van der Waals surface area contributed by atoms with Gasteiger partial charge in [0.25, 0.3) is 5.91 Å². The summed E-state index contributed by atoms with van der Waals surface area (Å²) in [6.07, 6.45) is 8.09. The van der Waals surface area contributed by atoms with Crippen LogP contribution in [0.3, 0.4) is 0 Å². The Morgan fingerprint density at radius 3 is 2.63 bits per heavy atom. The van der Waals surface area contributed by atoms with Crippen LogP contribution in [0.25, 0.3) is 0 Å². The third-order valence-corrected chi connectivity index (χ3v) is 10.2. The van der Waals surface area contributed by atoms with Crippen LogP contribution in [-0.4, -0.2) is 48.3 Å². The Kier molecular flexibility index (Phi) is 11.6. The van der Waals surface area contributed by atoms with Crippen LogP contribution in [0.1, 0.15) is 93.6 Å². The van der Waals surface area contributed by atoms with Crippen LogP contribution < -0.4 is 14.4 Å². The second kappa shape index (κ2) is 14.9. The van der Waals surface area contributed by atoms with Crippen molar-refractivity contribution < 1.29 is 18.5 Å². The van der Waals surface area contributed by atoms with Crippen LogP contribution in [0.15, 0.2) is 36.4 Å². The molecule has 2 aliphatic rings. The fourth-order valence-electron chi connectivity index (χ4n) is 6.23. The molecular weight excluding hydrogens is 556 g/mol. The number of rotatable bonds is 13. The van der Waals surface area contributed by atoms with Crippen molar-refractivity contribution in [2.75, 3.05) is 31.7 Å². The van der Waals surface area contributed by atoms with Gasteiger partial charge in [0, 0.05) is 42.0 Å². The molecule has 0 bridgehead atoms. The lowest BCUT2D eigenvalue weighted by Crippen LogP contribution is -2.45. The van der Waals surface area contributed by atoms with Gasteiger partial charge in [0.15, 0.2) is 0 Å². The number of hydrogen-bond acceptors (Lipinski definition) is 5. The van der Waals surface area contributed by atoms with E-state index in [2.05, 4.69) is 35.6 Å². The van der Waals surface area contributed by atoms with Crippen molar-refractivity contribution in [3.05, 3.63) is 58.1 Å². The number of halogens is 1. The van der Waals surface area contributed by atoms with E-state index in [1.54, 1.807) is 6.07 Å². The number of nitrogens with one attached hydrogen (secondary N) is 1. The summed E-state index contributed by atoms with van der Waals surface area (Å²) in [4.78, 5) is 15.5. The zero-order chi connectivity index (χ0) is 29.5. The smallest absolute Gasteiger partial charge is 0.263 e. The van der Waals surface area contributed by atoms with Crippen LogP contribution >= 0.6 is 11.6 Å². The Bertz CT molecular complexity index is 1210. The summed E-state index contributed by atoms with van der Waals surface area (Å²) in [5.41, 5.74) is 3.97. The molecule has 0 saturated heterocycles. The Morgan fingerprint density at radius 2 is 1.98 bits per heavy atom. The molecule has 0 radical (unpaired) electrons. The number of aryl methyl sites for hydroxylation is 1. The van der Waals surface area contributed by atoms with Crippen molar-refractivity contribution in [1.29, 1.82) is 0 Å². The number of methoxy groups -OCH3 is 1. The molecule has 1 fully saturated rings. The molecule has 41 heavy (non-hydrogen) atoms. The molecule has 1 aliphatic heterocycles. The number of unbranched alkanes of at least 4 members (excludes halogenated alkanes) is 1. The van der Waals surface area contributed by atoms with Gasteiger partial charge in [-0.15, -0.1) is 0 Å². The molecule has 5 atom stereocenters. The van der Waals surface area contributed by atoms with E-state index in [1.807, 2.05) is 39.2 Å². The van der Waals surface area contributed by atoms with Gasteiger partial charge >= 0.3 is 0 Å². The molecule has 0 aromatic heterocycles. The molecule has 2 aromatic rings. The first-order chi connectivity index (χ1) is 19.7. The maximum absolute atomic E-state index is 13.0. The van der Waals surface area contributed by atoms with Gasteiger partial charge in [-0.3, -0.25) is 9.52 Å². The summed E-state index contributed by atoms with van der Waals surface area (Å²) < 4.78 is 27.5. The highest BCUT2D eigenvalue weighted by atomic mass is 35.5. The lowest BCUT2D eigenvalue weighted by molar-refractivity contribution is -0.0216. The zero-order valence-corrected chi connectivity index (χ0v) is 26.9. The number of amides is 1. The number of nitrogens with zero attached hydrogens (tertiary/aromatic N) is 1. The fourth-order valence-corrected chi connectivity index (χ4v) is 6.96. The number of carbonyl (C=O) groups excluding carboxylic acids is 1. The third kappa shape index (κ3) is 7.85. The summed E-state index contributed by atoms with van der Waals surface area (Å²) in [5.74, 6) is 1.65. The number of benzene rings is 2. The van der Waals surface area contributed by atoms with Gasteiger partial charge in [0.1, 0.15) is 16.7 Å². The van der Waals surface area contributed by atoms with Gasteiger partial charge < -0.3 is 14.4 Å². The Hall–Kier alpha value is -2.09. The molecule has 226 valence electrons. The van der Waals surface area contributed by atoms with Crippen molar-refractivity contribution in [2.45, 2.75) is 89.9 Å². The van der Waals surface area contributed by atoms with Crippen molar-refractivity contribution in [3.8, 4) is 5.75 Å². The lowest BCUT2D eigenvalue weighted by atomic mass is 9.69. The summed E-state index contributed by atoms with van der Waals surface area (Å²) in [5, 5.41) is 0.602. The minimum absolute atomic E-state index is 0.156.